The average molecular weight is 1090 g/mol. The lowest BCUT2D eigenvalue weighted by molar-refractivity contribution is -0.757. The van der Waals surface area contributed by atoms with Gasteiger partial charge in [0.1, 0.15) is 56.7 Å². The van der Waals surface area contributed by atoms with E-state index in [-0.39, 0.29) is 84.6 Å². The zero-order chi connectivity index (χ0) is 55.9. The number of unbranched alkanes of at least 4 members (excludes halogenated alkanes) is 2. The van der Waals surface area contributed by atoms with Crippen molar-refractivity contribution in [3.63, 3.8) is 0 Å². The van der Waals surface area contributed by atoms with E-state index in [9.17, 15) is 40.0 Å². The lowest BCUT2D eigenvalue weighted by atomic mass is 10.1. The molecule has 8 rings (SSSR count). The molecule has 6 aromatic carbocycles. The molecule has 0 aliphatic carbocycles. The molecule has 0 radical (unpaired) electrons. The topological polar surface area (TPSA) is 273 Å². The van der Waals surface area contributed by atoms with Gasteiger partial charge in [0.2, 0.25) is 11.8 Å². The van der Waals surface area contributed by atoms with Gasteiger partial charge in [0.15, 0.2) is 23.0 Å². The van der Waals surface area contributed by atoms with E-state index in [1.165, 1.54) is 12.0 Å². The molecule has 22 heteroatoms. The number of aromatic amines is 2. The molecule has 0 aliphatic heterocycles. The fraction of sp³-hybridized carbons (Fsp3) is 0.333. The molecule has 0 aliphatic rings. The van der Waals surface area contributed by atoms with Crippen molar-refractivity contribution in [2.75, 3.05) is 80.0 Å². The van der Waals surface area contributed by atoms with Crippen LogP contribution in [0.5, 0.6) is 34.5 Å². The highest BCUT2D eigenvalue weighted by atomic mass is 17.0. The fourth-order valence-corrected chi connectivity index (χ4v) is 8.82. The Hall–Kier alpha value is -9.02. The molecule has 0 spiro atoms. The second-order valence-electron chi connectivity index (χ2n) is 18.0. The predicted molar refractivity (Wildman–Crippen MR) is 294 cm³/mol. The Kier molecular flexibility index (Phi) is 21.5. The Balaban J connectivity index is 0.000000229. The summed E-state index contributed by atoms with van der Waals surface area (Å²) in [5, 5.41) is 44.5. The van der Waals surface area contributed by atoms with Crippen LogP contribution in [-0.4, -0.2) is 144 Å². The van der Waals surface area contributed by atoms with E-state index in [1.54, 1.807) is 42.3 Å². The van der Waals surface area contributed by atoms with Crippen LogP contribution >= 0.6 is 0 Å². The molecule has 0 fully saturated rings. The Labute approximate surface area is 454 Å². The SMILES string of the molecule is COc1ccccc1OCCN(CC(O)COc1cccc2[nH]c3ccccc3c12)C(=O)CCCCCO[N+](=O)[O-].COc1ccccc1OCCN(CC(O)COc1cccc2[nH]c3ccccc3c12)C(=O)CCO[N+](=O)[O-]. The van der Waals surface area contributed by atoms with Crippen molar-refractivity contribution in [3.05, 3.63) is 154 Å². The lowest BCUT2D eigenvalue weighted by Gasteiger charge is -2.26. The number of aliphatic hydroxyl groups excluding tert-OH is 2. The van der Waals surface area contributed by atoms with Gasteiger partial charge in [-0.05, 0) is 73.5 Å². The minimum atomic E-state index is -1.03. The van der Waals surface area contributed by atoms with Crippen molar-refractivity contribution in [2.45, 2.75) is 44.3 Å². The largest absolute Gasteiger partial charge is 0.493 e. The molecule has 2 atom stereocenters. The number of aromatic nitrogens is 2. The van der Waals surface area contributed by atoms with Gasteiger partial charge in [-0.3, -0.25) is 9.59 Å². The van der Waals surface area contributed by atoms with Crippen LogP contribution in [0.3, 0.4) is 0 Å². The first-order valence-electron chi connectivity index (χ1n) is 25.6. The van der Waals surface area contributed by atoms with E-state index in [0.717, 1.165) is 43.6 Å². The summed E-state index contributed by atoms with van der Waals surface area (Å²) in [5.41, 5.74) is 3.82. The minimum Gasteiger partial charge on any atom is -0.493 e. The maximum Gasteiger partial charge on any atom is 0.294 e. The van der Waals surface area contributed by atoms with Crippen LogP contribution in [0.1, 0.15) is 32.1 Å². The molecule has 4 N–H and O–H groups in total. The number of amides is 2. The van der Waals surface area contributed by atoms with Crippen molar-refractivity contribution >= 4 is 55.4 Å². The second kappa shape index (κ2) is 29.5. The highest BCUT2D eigenvalue weighted by Crippen LogP contribution is 2.35. The highest BCUT2D eigenvalue weighted by Gasteiger charge is 2.22. The van der Waals surface area contributed by atoms with Crippen LogP contribution in [0.15, 0.2) is 133 Å². The molecule has 418 valence electrons. The second-order valence-corrected chi connectivity index (χ2v) is 18.0. The first-order valence-corrected chi connectivity index (χ1v) is 25.6. The third-order valence-electron chi connectivity index (χ3n) is 12.5. The number of rotatable bonds is 31. The van der Waals surface area contributed by atoms with Gasteiger partial charge in [-0.25, -0.2) is 0 Å². The van der Waals surface area contributed by atoms with E-state index >= 15 is 0 Å². The van der Waals surface area contributed by atoms with E-state index < -0.39 is 28.3 Å². The summed E-state index contributed by atoms with van der Waals surface area (Å²) < 4.78 is 34.3. The van der Waals surface area contributed by atoms with Gasteiger partial charge in [0.25, 0.3) is 10.2 Å². The number of aliphatic hydroxyl groups is 2. The summed E-state index contributed by atoms with van der Waals surface area (Å²) in [6.07, 6.45) is -0.347. The smallest absolute Gasteiger partial charge is 0.294 e. The molecule has 0 saturated carbocycles. The average Bonchev–Trinajstić information content (AvgIpc) is 4.18. The number of nitrogens with one attached hydrogen (secondary N) is 2. The van der Waals surface area contributed by atoms with Gasteiger partial charge >= 0.3 is 0 Å². The molecule has 2 unspecified atom stereocenters. The number of hydrogen-bond donors (Lipinski definition) is 4. The van der Waals surface area contributed by atoms with Crippen LogP contribution in [0.25, 0.3) is 43.6 Å². The van der Waals surface area contributed by atoms with Crippen molar-refractivity contribution in [1.82, 2.24) is 19.8 Å². The minimum absolute atomic E-state index is 0.00309. The molecule has 0 bridgehead atoms. The Bertz CT molecular complexity index is 3260. The van der Waals surface area contributed by atoms with Crippen LogP contribution in [-0.2, 0) is 19.3 Å². The van der Waals surface area contributed by atoms with Gasteiger partial charge in [-0.1, -0.05) is 79.2 Å². The molecule has 0 saturated heterocycles. The molecule has 2 heterocycles. The summed E-state index contributed by atoms with van der Waals surface area (Å²) in [6, 6.07) is 41.5. The van der Waals surface area contributed by atoms with E-state index in [1.807, 2.05) is 103 Å². The number of hydrogen-bond acceptors (Lipinski definition) is 16. The van der Waals surface area contributed by atoms with Gasteiger partial charge in [-0.2, -0.15) is 0 Å². The zero-order valence-electron chi connectivity index (χ0n) is 43.9. The number of methoxy groups -OCH3 is 2. The van der Waals surface area contributed by atoms with E-state index in [0.29, 0.717) is 53.8 Å². The third-order valence-corrected chi connectivity index (χ3v) is 12.5. The molecule has 8 aromatic rings. The lowest BCUT2D eigenvalue weighted by Crippen LogP contribution is -2.42. The number of carbonyl (C=O) groups is 2. The van der Waals surface area contributed by atoms with Gasteiger partial charge in [0.05, 0.1) is 64.5 Å². The Morgan fingerprint density at radius 3 is 1.35 bits per heavy atom. The molecular weight excluding hydrogens is 1020 g/mol. The highest BCUT2D eigenvalue weighted by molar-refractivity contribution is 6.11. The Morgan fingerprint density at radius 2 is 0.886 bits per heavy atom. The first-order chi connectivity index (χ1) is 38.4. The summed E-state index contributed by atoms with van der Waals surface area (Å²) >= 11 is 0. The molecule has 22 nitrogen and oxygen atoms in total. The summed E-state index contributed by atoms with van der Waals surface area (Å²) in [7, 11) is 3.09. The molecular formula is C57H64N6O16. The quantitative estimate of drug-likeness (QED) is 0.0181. The first kappa shape index (κ1) is 57.7. The number of benzene rings is 6. The summed E-state index contributed by atoms with van der Waals surface area (Å²) in [5.74, 6) is 2.88. The third kappa shape index (κ3) is 16.7. The van der Waals surface area contributed by atoms with Crippen LogP contribution in [0.2, 0.25) is 0 Å². The number of H-pyrrole nitrogens is 2. The standard InChI is InChI=1S/C30H35N3O8.C27H29N3O8/c1-38-26-13-6-7-14-27(26)39-19-17-32(29(35)16-3-2-8-18-41-33(36)37)20-22(34)21-40-28-15-9-12-25-30(28)23-10-4-5-11-24(23)31-25;1-35-23-10-4-5-11-24(23)36-16-14-29(26(32)13-15-38-30(33)34)17-19(31)18-37-25-12-6-9-22-27(25)20-7-2-3-8-21(20)28-22/h4-7,9-15,22,31,34H,2-3,8,16-21H2,1H3;2-12,19,28,31H,13-18H2,1H3. The number of nitrogens with zero attached hydrogens (tertiary/aromatic N) is 4. The van der Waals surface area contributed by atoms with Crippen molar-refractivity contribution < 1.29 is 68.1 Å². The number of carbonyl (C=O) groups excluding carboxylic acids is 2. The van der Waals surface area contributed by atoms with Gasteiger partial charge in [-0.15, -0.1) is 20.2 Å². The van der Waals surface area contributed by atoms with Gasteiger partial charge in [0, 0.05) is 39.0 Å². The monoisotopic (exact) mass is 1090 g/mol. The fourth-order valence-electron chi connectivity index (χ4n) is 8.82. The van der Waals surface area contributed by atoms with Crippen molar-refractivity contribution in [1.29, 1.82) is 0 Å². The molecule has 2 amide bonds. The van der Waals surface area contributed by atoms with Crippen molar-refractivity contribution in [3.8, 4) is 34.5 Å². The van der Waals surface area contributed by atoms with E-state index in [2.05, 4.69) is 19.6 Å². The molecule has 79 heavy (non-hydrogen) atoms. The number of para-hydroxylation sites is 6. The van der Waals surface area contributed by atoms with Crippen LogP contribution in [0.4, 0.5) is 0 Å². The maximum atomic E-state index is 13.1. The van der Waals surface area contributed by atoms with Crippen LogP contribution in [0, 0.1) is 20.2 Å². The molecule has 2 aromatic heterocycles. The summed E-state index contributed by atoms with van der Waals surface area (Å²) in [4.78, 5) is 64.9. The maximum absolute atomic E-state index is 13.1. The normalized spacial score (nSPS) is 11.7. The van der Waals surface area contributed by atoms with Crippen LogP contribution < -0.4 is 28.4 Å². The Morgan fingerprint density at radius 1 is 0.481 bits per heavy atom. The predicted octanol–water partition coefficient (Wildman–Crippen LogP) is 8.32. The zero-order valence-corrected chi connectivity index (χ0v) is 43.9. The number of ether oxygens (including phenoxy) is 6. The number of fused-ring (bicyclic) bond motifs is 6. The summed E-state index contributed by atoms with van der Waals surface area (Å²) in [6.45, 7) is 0.228. The van der Waals surface area contributed by atoms with E-state index in [4.69, 9.17) is 28.4 Å². The van der Waals surface area contributed by atoms with Gasteiger partial charge < -0.3 is 68.1 Å². The van der Waals surface area contributed by atoms with Crippen molar-refractivity contribution in [2.24, 2.45) is 0 Å².